The second-order valence-corrected chi connectivity index (χ2v) is 12.9. The molecule has 1 aliphatic rings. The Morgan fingerprint density at radius 2 is 1.10 bits per heavy atom. The molecular weight excluding hydrogens is 620 g/mol. The maximum atomic E-state index is 6.14. The van der Waals surface area contributed by atoms with Crippen LogP contribution in [0.1, 0.15) is 93.0 Å². The van der Waals surface area contributed by atoms with Crippen molar-refractivity contribution in [1.82, 2.24) is 0 Å². The van der Waals surface area contributed by atoms with Gasteiger partial charge < -0.3 is 4.74 Å². The van der Waals surface area contributed by atoms with Crippen molar-refractivity contribution >= 4 is 31.9 Å². The molecule has 3 heteroatoms. The highest BCUT2D eigenvalue weighted by molar-refractivity contribution is 9.10. The predicted octanol–water partition coefficient (Wildman–Crippen LogP) is 11.7. The van der Waals surface area contributed by atoms with Gasteiger partial charge in [-0.25, -0.2) is 0 Å². The minimum atomic E-state index is -0.418. The molecule has 0 saturated heterocycles. The first-order valence-corrected chi connectivity index (χ1v) is 16.6. The third kappa shape index (κ3) is 5.97. The first kappa shape index (κ1) is 29.1. The van der Waals surface area contributed by atoms with Crippen LogP contribution in [0, 0.1) is 0 Å². The Kier molecular flexibility index (Phi) is 9.86. The number of hydrogen-bond acceptors (Lipinski definition) is 1. The van der Waals surface area contributed by atoms with Gasteiger partial charge in [-0.3, -0.25) is 0 Å². The lowest BCUT2D eigenvalue weighted by atomic mass is 9.67. The van der Waals surface area contributed by atoms with Gasteiger partial charge in [-0.15, -0.1) is 0 Å². The Balaban J connectivity index is 1.58. The molecule has 0 radical (unpaired) electrons. The maximum absolute atomic E-state index is 6.14. The van der Waals surface area contributed by atoms with Crippen LogP contribution in [0.25, 0.3) is 11.1 Å². The minimum Gasteiger partial charge on any atom is -0.494 e. The largest absolute Gasteiger partial charge is 0.494 e. The Bertz CT molecular complexity index is 1350. The Morgan fingerprint density at radius 3 is 1.65 bits per heavy atom. The van der Waals surface area contributed by atoms with Crippen LogP contribution in [-0.2, 0) is 11.8 Å². The molecule has 0 amide bonds. The number of ether oxygens (including phenoxy) is 1. The van der Waals surface area contributed by atoms with Gasteiger partial charge in [0.05, 0.1) is 12.0 Å². The van der Waals surface area contributed by atoms with E-state index in [-0.39, 0.29) is 0 Å². The van der Waals surface area contributed by atoms with Gasteiger partial charge in [0.2, 0.25) is 0 Å². The Labute approximate surface area is 257 Å². The fraction of sp³-hybridized carbons (Fsp3) is 0.351. The Morgan fingerprint density at radius 1 is 0.575 bits per heavy atom. The lowest BCUT2D eigenvalue weighted by Crippen LogP contribution is -2.28. The van der Waals surface area contributed by atoms with Crippen LogP contribution < -0.4 is 4.74 Å². The first-order valence-electron chi connectivity index (χ1n) is 15.0. The molecule has 0 bridgehead atoms. The molecule has 0 atom stereocenters. The topological polar surface area (TPSA) is 9.23 Å². The second kappa shape index (κ2) is 13.5. The molecule has 4 aromatic carbocycles. The highest BCUT2D eigenvalue weighted by Crippen LogP contribution is 2.57. The van der Waals surface area contributed by atoms with Gasteiger partial charge in [0, 0.05) is 8.95 Å². The van der Waals surface area contributed by atoms with E-state index in [1.54, 1.807) is 0 Å². The van der Waals surface area contributed by atoms with Gasteiger partial charge in [-0.05, 0) is 94.6 Å². The summed E-state index contributed by atoms with van der Waals surface area (Å²) in [5.74, 6) is 0.944. The molecule has 1 nitrogen and oxygen atoms in total. The van der Waals surface area contributed by atoms with Crippen molar-refractivity contribution in [2.24, 2.45) is 0 Å². The lowest BCUT2D eigenvalue weighted by Gasteiger charge is -2.34. The van der Waals surface area contributed by atoms with E-state index in [0.29, 0.717) is 0 Å². The summed E-state index contributed by atoms with van der Waals surface area (Å²) >= 11 is 7.60. The van der Waals surface area contributed by atoms with Crippen molar-refractivity contribution < 1.29 is 4.74 Å². The predicted molar refractivity (Wildman–Crippen MR) is 177 cm³/mol. The second-order valence-electron chi connectivity index (χ2n) is 11.1. The van der Waals surface area contributed by atoms with Gasteiger partial charge in [0.25, 0.3) is 0 Å². The van der Waals surface area contributed by atoms with Crippen LogP contribution in [0.15, 0.2) is 93.9 Å². The fourth-order valence-corrected chi connectivity index (χ4v) is 6.98. The summed E-state index contributed by atoms with van der Waals surface area (Å²) in [6.45, 7) is 5.29. The van der Waals surface area contributed by atoms with Crippen LogP contribution >= 0.6 is 31.9 Å². The van der Waals surface area contributed by atoms with Crippen LogP contribution in [0.3, 0.4) is 0 Å². The Hall–Kier alpha value is -2.36. The zero-order chi connectivity index (χ0) is 28.0. The number of fused-ring (bicyclic) bond motifs is 3. The summed E-state index contributed by atoms with van der Waals surface area (Å²) in [4.78, 5) is 0. The van der Waals surface area contributed by atoms with Crippen molar-refractivity contribution in [2.75, 3.05) is 6.61 Å². The van der Waals surface area contributed by atoms with Crippen molar-refractivity contribution in [3.8, 4) is 16.9 Å². The minimum absolute atomic E-state index is 0.418. The molecule has 208 valence electrons. The smallest absolute Gasteiger partial charge is 0.119 e. The number of rotatable bonds is 13. The van der Waals surface area contributed by atoms with Gasteiger partial charge >= 0.3 is 0 Å². The fourth-order valence-electron chi connectivity index (χ4n) is 6.25. The quantitative estimate of drug-likeness (QED) is 0.114. The molecule has 5 rings (SSSR count). The molecule has 4 aromatic rings. The van der Waals surface area contributed by atoms with E-state index >= 15 is 0 Å². The van der Waals surface area contributed by atoms with Crippen molar-refractivity contribution in [3.63, 3.8) is 0 Å². The third-order valence-electron chi connectivity index (χ3n) is 8.32. The number of halogens is 2. The maximum Gasteiger partial charge on any atom is 0.119 e. The van der Waals surface area contributed by atoms with E-state index in [9.17, 15) is 0 Å². The zero-order valence-electron chi connectivity index (χ0n) is 23.8. The molecule has 0 N–H and O–H groups in total. The van der Waals surface area contributed by atoms with Crippen LogP contribution in [0.2, 0.25) is 0 Å². The summed E-state index contributed by atoms with van der Waals surface area (Å²) in [5.41, 5.74) is 8.79. The highest BCUT2D eigenvalue weighted by atomic mass is 79.9. The van der Waals surface area contributed by atoms with Crippen molar-refractivity contribution in [2.45, 2.75) is 77.0 Å². The average molecular weight is 661 g/mol. The summed E-state index contributed by atoms with van der Waals surface area (Å²) in [7, 11) is 0. The number of unbranched alkanes of at least 4 members (excludes halogenated alkanes) is 6. The summed E-state index contributed by atoms with van der Waals surface area (Å²) < 4.78 is 8.34. The first-order chi connectivity index (χ1) is 19.6. The molecular formula is C37H40Br2O. The van der Waals surface area contributed by atoms with E-state index in [1.165, 1.54) is 83.9 Å². The molecule has 40 heavy (non-hydrogen) atoms. The van der Waals surface area contributed by atoms with Crippen LogP contribution in [-0.4, -0.2) is 6.61 Å². The summed E-state index contributed by atoms with van der Waals surface area (Å²) in [6, 6.07) is 31.8. The molecule has 0 fully saturated rings. The molecule has 0 aliphatic heterocycles. The van der Waals surface area contributed by atoms with E-state index in [2.05, 4.69) is 131 Å². The molecule has 1 aliphatic carbocycles. The van der Waals surface area contributed by atoms with Crippen LogP contribution in [0.5, 0.6) is 5.75 Å². The number of benzene rings is 4. The third-order valence-corrected chi connectivity index (χ3v) is 9.31. The number of hydrogen-bond donors (Lipinski definition) is 0. The molecule has 0 unspecified atom stereocenters. The van der Waals surface area contributed by atoms with Gasteiger partial charge in [-0.1, -0.05) is 133 Å². The van der Waals surface area contributed by atoms with Gasteiger partial charge in [0.15, 0.2) is 0 Å². The number of aryl methyl sites for hydroxylation is 1. The molecule has 0 heterocycles. The molecule has 0 spiro atoms. The monoisotopic (exact) mass is 658 g/mol. The SMILES string of the molecule is CCCCCCOc1ccc(C2(c3ccc(CCCCCC)cc3)c3cc(Br)ccc3-c3ccc(Br)cc32)cc1. The van der Waals surface area contributed by atoms with Crippen molar-refractivity contribution in [1.29, 1.82) is 0 Å². The van der Waals surface area contributed by atoms with E-state index in [0.717, 1.165) is 34.1 Å². The van der Waals surface area contributed by atoms with Gasteiger partial charge in [-0.2, -0.15) is 0 Å². The summed E-state index contributed by atoms with van der Waals surface area (Å²) in [6.07, 6.45) is 11.1. The van der Waals surface area contributed by atoms with E-state index in [4.69, 9.17) is 4.74 Å². The zero-order valence-corrected chi connectivity index (χ0v) is 27.0. The normalized spacial score (nSPS) is 13.2. The molecule has 0 saturated carbocycles. The highest BCUT2D eigenvalue weighted by Gasteiger charge is 2.46. The van der Waals surface area contributed by atoms with Crippen LogP contribution in [0.4, 0.5) is 0 Å². The standard InChI is InChI=1S/C37H40Br2O/c1-3-5-7-9-11-27-12-14-28(15-13-27)37(29-16-20-32(21-17-29)40-24-10-8-6-4-2)35-25-30(38)18-22-33(35)34-23-19-31(39)26-36(34)37/h12-23,25-26H,3-11,24H2,1-2H3. The molecule has 0 aromatic heterocycles. The van der Waals surface area contributed by atoms with E-state index in [1.807, 2.05) is 0 Å². The summed E-state index contributed by atoms with van der Waals surface area (Å²) in [5, 5.41) is 0. The average Bonchev–Trinajstić information content (AvgIpc) is 3.25. The van der Waals surface area contributed by atoms with Crippen molar-refractivity contribution in [3.05, 3.63) is 122 Å². The lowest BCUT2D eigenvalue weighted by molar-refractivity contribution is 0.305. The van der Waals surface area contributed by atoms with E-state index < -0.39 is 5.41 Å². The van der Waals surface area contributed by atoms with Gasteiger partial charge in [0.1, 0.15) is 5.75 Å².